The van der Waals surface area contributed by atoms with Crippen LogP contribution in [0.1, 0.15) is 39.5 Å². The smallest absolute Gasteiger partial charge is 0.272 e. The van der Waals surface area contributed by atoms with Crippen molar-refractivity contribution in [2.45, 2.75) is 46.1 Å². The van der Waals surface area contributed by atoms with E-state index < -0.39 is 0 Å². The predicted octanol–water partition coefficient (Wildman–Crippen LogP) is 1.37. The van der Waals surface area contributed by atoms with Gasteiger partial charge in [-0.2, -0.15) is 4.98 Å². The third-order valence-corrected chi connectivity index (χ3v) is 3.68. The van der Waals surface area contributed by atoms with Gasteiger partial charge in [0.05, 0.1) is 6.04 Å². The van der Waals surface area contributed by atoms with E-state index in [2.05, 4.69) is 29.3 Å². The Balaban J connectivity index is 2.26. The fourth-order valence-electron chi connectivity index (χ4n) is 2.38. The normalized spacial score (nSPS) is 23.5. The monoisotopic (exact) mass is 266 g/mol. The Bertz CT molecular complexity index is 455. The fourth-order valence-corrected chi connectivity index (χ4v) is 2.38. The molecule has 1 fully saturated rings. The SMILES string of the molecule is CCc1nc(N2CCC(C)(C)CC(NC)C2=O)no1. The van der Waals surface area contributed by atoms with E-state index in [0.717, 1.165) is 12.8 Å². The minimum Gasteiger partial charge on any atom is -0.337 e. The van der Waals surface area contributed by atoms with E-state index >= 15 is 0 Å². The molecular weight excluding hydrogens is 244 g/mol. The zero-order valence-corrected chi connectivity index (χ0v) is 12.1. The molecule has 2 rings (SSSR count). The molecular formula is C13H22N4O2. The average molecular weight is 266 g/mol. The van der Waals surface area contributed by atoms with Crippen molar-refractivity contribution in [2.24, 2.45) is 5.41 Å². The van der Waals surface area contributed by atoms with E-state index in [-0.39, 0.29) is 17.4 Å². The van der Waals surface area contributed by atoms with Gasteiger partial charge in [0.2, 0.25) is 11.8 Å². The van der Waals surface area contributed by atoms with Gasteiger partial charge in [0.1, 0.15) is 0 Å². The topological polar surface area (TPSA) is 71.3 Å². The Kier molecular flexibility index (Phi) is 3.89. The number of nitrogens with zero attached hydrogens (tertiary/aromatic N) is 3. The minimum absolute atomic E-state index is 0.0246. The second kappa shape index (κ2) is 5.28. The van der Waals surface area contributed by atoms with Crippen molar-refractivity contribution >= 4 is 11.9 Å². The Morgan fingerprint density at radius 2 is 2.26 bits per heavy atom. The molecule has 0 spiro atoms. The van der Waals surface area contributed by atoms with Gasteiger partial charge in [-0.25, -0.2) is 0 Å². The fraction of sp³-hybridized carbons (Fsp3) is 0.769. The van der Waals surface area contributed by atoms with E-state index in [1.807, 2.05) is 14.0 Å². The number of carbonyl (C=O) groups excluding carboxylic acids is 1. The lowest BCUT2D eigenvalue weighted by atomic mass is 9.83. The molecule has 0 radical (unpaired) electrons. The minimum atomic E-state index is -0.193. The summed E-state index contributed by atoms with van der Waals surface area (Å²) in [6.07, 6.45) is 2.42. The van der Waals surface area contributed by atoms with Crippen LogP contribution in [0.3, 0.4) is 0 Å². The molecule has 1 N–H and O–H groups in total. The largest absolute Gasteiger partial charge is 0.337 e. The lowest BCUT2D eigenvalue weighted by Crippen LogP contribution is -2.45. The van der Waals surface area contributed by atoms with Crippen LogP contribution in [0.25, 0.3) is 0 Å². The zero-order chi connectivity index (χ0) is 14.0. The number of amides is 1. The molecule has 1 unspecified atom stereocenters. The van der Waals surface area contributed by atoms with Crippen molar-refractivity contribution in [3.05, 3.63) is 5.89 Å². The molecule has 0 aromatic carbocycles. The molecule has 106 valence electrons. The number of carbonyl (C=O) groups is 1. The number of anilines is 1. The summed E-state index contributed by atoms with van der Waals surface area (Å²) in [4.78, 5) is 18.4. The zero-order valence-electron chi connectivity index (χ0n) is 12.1. The van der Waals surface area contributed by atoms with Crippen LogP contribution in [0.4, 0.5) is 5.95 Å². The first-order chi connectivity index (χ1) is 8.96. The van der Waals surface area contributed by atoms with Crippen molar-refractivity contribution in [2.75, 3.05) is 18.5 Å². The van der Waals surface area contributed by atoms with Gasteiger partial charge in [0.25, 0.3) is 5.95 Å². The maximum atomic E-state index is 12.5. The maximum Gasteiger partial charge on any atom is 0.272 e. The highest BCUT2D eigenvalue weighted by atomic mass is 16.5. The van der Waals surface area contributed by atoms with Crippen molar-refractivity contribution in [3.8, 4) is 0 Å². The molecule has 1 aromatic rings. The van der Waals surface area contributed by atoms with Crippen LogP contribution < -0.4 is 10.2 Å². The highest BCUT2D eigenvalue weighted by Gasteiger charge is 2.36. The van der Waals surface area contributed by atoms with E-state index in [4.69, 9.17) is 4.52 Å². The number of hydrogen-bond donors (Lipinski definition) is 1. The lowest BCUT2D eigenvalue weighted by molar-refractivity contribution is -0.120. The highest BCUT2D eigenvalue weighted by molar-refractivity contribution is 5.96. The van der Waals surface area contributed by atoms with E-state index in [1.165, 1.54) is 0 Å². The van der Waals surface area contributed by atoms with E-state index in [9.17, 15) is 4.79 Å². The lowest BCUT2D eigenvalue weighted by Gasteiger charge is -2.24. The molecule has 1 aliphatic heterocycles. The molecule has 1 aromatic heterocycles. The van der Waals surface area contributed by atoms with Crippen LogP contribution in [0.15, 0.2) is 4.52 Å². The summed E-state index contributed by atoms with van der Waals surface area (Å²) in [5, 5.41) is 7.00. The molecule has 1 amide bonds. The number of aryl methyl sites for hydroxylation is 1. The average Bonchev–Trinajstić information content (AvgIpc) is 2.80. The van der Waals surface area contributed by atoms with Crippen LogP contribution in [0.2, 0.25) is 0 Å². The maximum absolute atomic E-state index is 12.5. The third kappa shape index (κ3) is 2.94. The van der Waals surface area contributed by atoms with Crippen molar-refractivity contribution in [1.29, 1.82) is 0 Å². The molecule has 1 saturated heterocycles. The Labute approximate surface area is 113 Å². The van der Waals surface area contributed by atoms with Crippen LogP contribution in [-0.2, 0) is 11.2 Å². The predicted molar refractivity (Wildman–Crippen MR) is 71.9 cm³/mol. The summed E-state index contributed by atoms with van der Waals surface area (Å²) in [7, 11) is 1.82. The molecule has 1 atom stereocenters. The van der Waals surface area contributed by atoms with Gasteiger partial charge in [0, 0.05) is 13.0 Å². The Hall–Kier alpha value is -1.43. The molecule has 19 heavy (non-hydrogen) atoms. The van der Waals surface area contributed by atoms with E-state index in [0.29, 0.717) is 24.8 Å². The number of aromatic nitrogens is 2. The second-order valence-electron chi connectivity index (χ2n) is 5.79. The van der Waals surface area contributed by atoms with Gasteiger partial charge < -0.3 is 9.84 Å². The van der Waals surface area contributed by atoms with Crippen molar-refractivity contribution < 1.29 is 9.32 Å². The summed E-state index contributed by atoms with van der Waals surface area (Å²) in [6.45, 7) is 6.94. The molecule has 0 saturated carbocycles. The standard InChI is InChI=1S/C13H22N4O2/c1-5-10-15-12(16-19-10)17-7-6-13(2,3)8-9(14-4)11(17)18/h9,14H,5-8H2,1-4H3. The molecule has 0 bridgehead atoms. The number of hydrogen-bond acceptors (Lipinski definition) is 5. The highest BCUT2D eigenvalue weighted by Crippen LogP contribution is 2.31. The van der Waals surface area contributed by atoms with Crippen molar-refractivity contribution in [3.63, 3.8) is 0 Å². The number of nitrogens with one attached hydrogen (secondary N) is 1. The first-order valence-corrected chi connectivity index (χ1v) is 6.78. The second-order valence-corrected chi connectivity index (χ2v) is 5.79. The summed E-state index contributed by atoms with van der Waals surface area (Å²) in [6, 6.07) is -0.193. The first-order valence-electron chi connectivity index (χ1n) is 6.78. The third-order valence-electron chi connectivity index (χ3n) is 3.68. The Morgan fingerprint density at radius 1 is 1.53 bits per heavy atom. The summed E-state index contributed by atoms with van der Waals surface area (Å²) in [5.41, 5.74) is 0.120. The quantitative estimate of drug-likeness (QED) is 0.894. The summed E-state index contributed by atoms with van der Waals surface area (Å²) >= 11 is 0. The molecule has 2 heterocycles. The van der Waals surface area contributed by atoms with Gasteiger partial charge in [-0.05, 0) is 30.5 Å². The molecule has 0 aliphatic carbocycles. The van der Waals surface area contributed by atoms with Crippen molar-refractivity contribution in [1.82, 2.24) is 15.5 Å². The van der Waals surface area contributed by atoms with Gasteiger partial charge in [-0.1, -0.05) is 20.8 Å². The van der Waals surface area contributed by atoms with E-state index in [1.54, 1.807) is 4.90 Å². The van der Waals surface area contributed by atoms with Gasteiger partial charge in [-0.15, -0.1) is 0 Å². The van der Waals surface area contributed by atoms with Crippen LogP contribution in [-0.4, -0.2) is 35.7 Å². The van der Waals surface area contributed by atoms with Crippen LogP contribution >= 0.6 is 0 Å². The molecule has 6 nitrogen and oxygen atoms in total. The molecule has 1 aliphatic rings. The van der Waals surface area contributed by atoms with Gasteiger partial charge >= 0.3 is 0 Å². The number of rotatable bonds is 3. The Morgan fingerprint density at radius 3 is 2.84 bits per heavy atom. The summed E-state index contributed by atoms with van der Waals surface area (Å²) < 4.78 is 5.10. The molecule has 6 heteroatoms. The van der Waals surface area contributed by atoms with Crippen LogP contribution in [0.5, 0.6) is 0 Å². The number of likely N-dealkylation sites (N-methyl/N-ethyl adjacent to an activating group) is 1. The van der Waals surface area contributed by atoms with Crippen LogP contribution in [0, 0.1) is 5.41 Å². The first kappa shape index (κ1) is 14.0. The summed E-state index contributed by atoms with van der Waals surface area (Å²) in [5.74, 6) is 0.976. The van der Waals surface area contributed by atoms with Gasteiger partial charge in [0.15, 0.2) is 0 Å². The van der Waals surface area contributed by atoms with Gasteiger partial charge in [-0.3, -0.25) is 9.69 Å².